The van der Waals surface area contributed by atoms with Gasteiger partial charge in [-0.3, -0.25) is 0 Å². The van der Waals surface area contributed by atoms with Crippen LogP contribution < -0.4 is 16.2 Å². The van der Waals surface area contributed by atoms with Gasteiger partial charge in [0.05, 0.1) is 10.6 Å². The van der Waals surface area contributed by atoms with Gasteiger partial charge >= 0.3 is 0 Å². The molecule has 0 bridgehead atoms. The summed E-state index contributed by atoms with van der Waals surface area (Å²) >= 11 is 0. The summed E-state index contributed by atoms with van der Waals surface area (Å²) in [5, 5.41) is 7.72. The molecule has 0 spiro atoms. The zero-order valence-electron chi connectivity index (χ0n) is 9.80. The Bertz CT molecular complexity index is 717. The van der Waals surface area contributed by atoms with Crippen LogP contribution in [0.3, 0.4) is 0 Å². The highest BCUT2D eigenvalue weighted by molar-refractivity contribution is 7.89. The average molecular weight is 281 g/mol. The van der Waals surface area contributed by atoms with Crippen LogP contribution in [0.4, 0.5) is 21.5 Å². The molecular weight excluding hydrogens is 269 g/mol. The number of sulfonamides is 1. The van der Waals surface area contributed by atoms with E-state index in [0.29, 0.717) is 11.4 Å². The van der Waals surface area contributed by atoms with Crippen LogP contribution in [0.2, 0.25) is 0 Å². The van der Waals surface area contributed by atoms with Crippen molar-refractivity contribution in [3.8, 4) is 0 Å². The molecule has 0 aliphatic heterocycles. The largest absolute Gasteiger partial charge is 0.399 e. The van der Waals surface area contributed by atoms with Gasteiger partial charge in [0.1, 0.15) is 5.82 Å². The Balaban J connectivity index is 2.32. The van der Waals surface area contributed by atoms with Gasteiger partial charge in [-0.2, -0.15) is 0 Å². The summed E-state index contributed by atoms with van der Waals surface area (Å²) in [4.78, 5) is -0.275. The molecule has 0 radical (unpaired) electrons. The summed E-state index contributed by atoms with van der Waals surface area (Å²) in [7, 11) is -3.91. The number of nitrogens with two attached hydrogens (primary N) is 2. The quantitative estimate of drug-likeness (QED) is 0.747. The molecule has 5 N–H and O–H groups in total. The number of nitrogen functional groups attached to an aromatic ring is 1. The van der Waals surface area contributed by atoms with E-state index < -0.39 is 15.8 Å². The van der Waals surface area contributed by atoms with Crippen molar-refractivity contribution in [1.82, 2.24) is 0 Å². The third-order valence-corrected chi connectivity index (χ3v) is 3.35. The van der Waals surface area contributed by atoms with Gasteiger partial charge in [0, 0.05) is 11.4 Å². The number of hydrogen-bond donors (Lipinski definition) is 3. The van der Waals surface area contributed by atoms with Gasteiger partial charge < -0.3 is 11.1 Å². The van der Waals surface area contributed by atoms with Gasteiger partial charge in [-0.1, -0.05) is 6.07 Å². The number of halogens is 1. The van der Waals surface area contributed by atoms with Crippen LogP contribution in [0.15, 0.2) is 47.4 Å². The first-order chi connectivity index (χ1) is 8.86. The zero-order valence-corrected chi connectivity index (χ0v) is 10.6. The van der Waals surface area contributed by atoms with Gasteiger partial charge in [-0.05, 0) is 36.4 Å². The highest BCUT2D eigenvalue weighted by Gasteiger charge is 2.11. The summed E-state index contributed by atoms with van der Waals surface area (Å²) in [5.41, 5.74) is 6.87. The Kier molecular flexibility index (Phi) is 3.41. The van der Waals surface area contributed by atoms with Crippen molar-refractivity contribution in [2.45, 2.75) is 4.90 Å². The number of rotatable bonds is 3. The Morgan fingerprint density at radius 2 is 1.84 bits per heavy atom. The maximum absolute atomic E-state index is 13.8. The molecule has 2 rings (SSSR count). The third-order valence-electron chi connectivity index (χ3n) is 2.43. The monoisotopic (exact) mass is 281 g/mol. The Hall–Kier alpha value is -2.12. The molecule has 2 aromatic carbocycles. The van der Waals surface area contributed by atoms with E-state index in [9.17, 15) is 12.8 Å². The fraction of sp³-hybridized carbons (Fsp3) is 0. The molecule has 19 heavy (non-hydrogen) atoms. The third kappa shape index (κ3) is 3.21. The lowest BCUT2D eigenvalue weighted by Crippen LogP contribution is -2.12. The second-order valence-corrected chi connectivity index (χ2v) is 5.50. The van der Waals surface area contributed by atoms with Crippen molar-refractivity contribution in [3.05, 3.63) is 48.3 Å². The van der Waals surface area contributed by atoms with Gasteiger partial charge in [0.15, 0.2) is 0 Å². The first kappa shape index (κ1) is 13.3. The van der Waals surface area contributed by atoms with E-state index in [1.807, 2.05) is 0 Å². The second-order valence-electron chi connectivity index (χ2n) is 3.94. The van der Waals surface area contributed by atoms with Crippen molar-refractivity contribution in [1.29, 1.82) is 0 Å². The van der Waals surface area contributed by atoms with Crippen molar-refractivity contribution < 1.29 is 12.8 Å². The molecule has 0 unspecified atom stereocenters. The minimum absolute atomic E-state index is 0.137. The van der Waals surface area contributed by atoms with Crippen LogP contribution in [0.1, 0.15) is 0 Å². The Morgan fingerprint density at radius 1 is 1.11 bits per heavy atom. The molecule has 0 saturated carbocycles. The minimum atomic E-state index is -3.91. The second kappa shape index (κ2) is 4.87. The molecule has 7 heteroatoms. The van der Waals surface area contributed by atoms with E-state index in [2.05, 4.69) is 5.32 Å². The fourth-order valence-corrected chi connectivity index (χ4v) is 2.07. The first-order valence-electron chi connectivity index (χ1n) is 5.31. The normalized spacial score (nSPS) is 11.3. The van der Waals surface area contributed by atoms with E-state index in [1.54, 1.807) is 24.3 Å². The molecule has 2 aromatic rings. The smallest absolute Gasteiger partial charge is 0.238 e. The summed E-state index contributed by atoms with van der Waals surface area (Å²) in [5.74, 6) is -0.714. The van der Waals surface area contributed by atoms with Crippen LogP contribution in [-0.2, 0) is 10.0 Å². The standard InChI is InChI=1S/C12H12FN3O2S/c13-11-7-10(19(15,17)18)4-5-12(11)16-9-3-1-2-8(14)6-9/h1-7,16H,14H2,(H2,15,17,18). The van der Waals surface area contributed by atoms with Crippen LogP contribution in [0.5, 0.6) is 0 Å². The number of hydrogen-bond acceptors (Lipinski definition) is 4. The van der Waals surface area contributed by atoms with Crippen LogP contribution >= 0.6 is 0 Å². The predicted molar refractivity (Wildman–Crippen MR) is 71.9 cm³/mol. The van der Waals surface area contributed by atoms with Crippen molar-refractivity contribution in [2.24, 2.45) is 5.14 Å². The summed E-state index contributed by atoms with van der Waals surface area (Å²) in [6, 6.07) is 10.2. The first-order valence-corrected chi connectivity index (χ1v) is 6.86. The van der Waals surface area contributed by atoms with E-state index >= 15 is 0 Å². The van der Waals surface area contributed by atoms with E-state index in [1.165, 1.54) is 12.1 Å². The van der Waals surface area contributed by atoms with E-state index in [0.717, 1.165) is 6.07 Å². The maximum Gasteiger partial charge on any atom is 0.238 e. The van der Waals surface area contributed by atoms with Crippen molar-refractivity contribution in [2.75, 3.05) is 11.1 Å². The lowest BCUT2D eigenvalue weighted by atomic mass is 10.2. The molecule has 0 aliphatic rings. The molecule has 0 amide bonds. The summed E-state index contributed by atoms with van der Waals surface area (Å²) < 4.78 is 35.9. The highest BCUT2D eigenvalue weighted by atomic mass is 32.2. The topological polar surface area (TPSA) is 98.2 Å². The lowest BCUT2D eigenvalue weighted by molar-refractivity contribution is 0.593. The molecule has 0 aliphatic carbocycles. The molecule has 0 aromatic heterocycles. The van der Waals surface area contributed by atoms with E-state index in [-0.39, 0.29) is 10.6 Å². The van der Waals surface area contributed by atoms with Gasteiger partial charge in [-0.25, -0.2) is 17.9 Å². The highest BCUT2D eigenvalue weighted by Crippen LogP contribution is 2.23. The molecule has 0 fully saturated rings. The maximum atomic E-state index is 13.8. The van der Waals surface area contributed by atoms with E-state index in [4.69, 9.17) is 10.9 Å². The van der Waals surface area contributed by atoms with Gasteiger partial charge in [-0.15, -0.1) is 0 Å². The van der Waals surface area contributed by atoms with Crippen molar-refractivity contribution >= 4 is 27.1 Å². The summed E-state index contributed by atoms with van der Waals surface area (Å²) in [6.45, 7) is 0. The van der Waals surface area contributed by atoms with Crippen LogP contribution in [0, 0.1) is 5.82 Å². The van der Waals surface area contributed by atoms with Crippen LogP contribution in [-0.4, -0.2) is 8.42 Å². The van der Waals surface area contributed by atoms with Gasteiger partial charge in [0.2, 0.25) is 10.0 Å². The predicted octanol–water partition coefficient (Wildman–Crippen LogP) is 1.80. The fourth-order valence-electron chi connectivity index (χ4n) is 1.55. The molecule has 100 valence electrons. The molecule has 0 heterocycles. The Morgan fingerprint density at radius 3 is 2.42 bits per heavy atom. The number of primary sulfonamides is 1. The lowest BCUT2D eigenvalue weighted by Gasteiger charge is -2.09. The zero-order chi connectivity index (χ0) is 14.0. The number of benzene rings is 2. The van der Waals surface area contributed by atoms with Gasteiger partial charge in [0.25, 0.3) is 0 Å². The Labute approximate surface area is 110 Å². The number of nitrogens with one attached hydrogen (secondary N) is 1. The van der Waals surface area contributed by atoms with Crippen molar-refractivity contribution in [3.63, 3.8) is 0 Å². The number of anilines is 3. The minimum Gasteiger partial charge on any atom is -0.399 e. The van der Waals surface area contributed by atoms with Crippen LogP contribution in [0.25, 0.3) is 0 Å². The molecule has 0 atom stereocenters. The molecule has 5 nitrogen and oxygen atoms in total. The molecular formula is C12H12FN3O2S. The molecule has 0 saturated heterocycles. The SMILES string of the molecule is Nc1cccc(Nc2ccc(S(N)(=O)=O)cc2F)c1. The summed E-state index contributed by atoms with van der Waals surface area (Å²) in [6.07, 6.45) is 0. The average Bonchev–Trinajstić information content (AvgIpc) is 2.30.